The number of anilines is 2. The van der Waals surface area contributed by atoms with Crippen LogP contribution in [0, 0.1) is 23.0 Å². The lowest BCUT2D eigenvalue weighted by Crippen LogP contribution is -2.53. The maximum atomic E-state index is 14.0. The van der Waals surface area contributed by atoms with Crippen LogP contribution in [0.5, 0.6) is 11.5 Å². The van der Waals surface area contributed by atoms with E-state index in [1.165, 1.54) is 104 Å². The summed E-state index contributed by atoms with van der Waals surface area (Å²) in [6, 6.07) is 26.0. The number of carboxylic acids is 1. The van der Waals surface area contributed by atoms with Crippen LogP contribution in [0.4, 0.5) is 29.2 Å². The van der Waals surface area contributed by atoms with Crippen molar-refractivity contribution in [2.24, 2.45) is 9.98 Å². The molecule has 4 amide bonds. The monoisotopic (exact) mass is 1450 g/mol. The van der Waals surface area contributed by atoms with Gasteiger partial charge in [0.2, 0.25) is 0 Å². The fourth-order valence-electron chi connectivity index (χ4n) is 12.7. The number of benzene rings is 5. The van der Waals surface area contributed by atoms with Gasteiger partial charge in [0.05, 0.1) is 66.9 Å². The average molecular weight is 1450 g/mol. The van der Waals surface area contributed by atoms with Crippen LogP contribution in [0.2, 0.25) is 10.0 Å². The number of esters is 2. The molecule has 4 fully saturated rings. The number of aromatic carboxylic acids is 1. The number of urea groups is 2. The summed E-state index contributed by atoms with van der Waals surface area (Å²) in [5.74, 6) is -1.50. The largest absolute Gasteiger partial charge is 0.478 e. The first-order chi connectivity index (χ1) is 48.3. The number of methoxy groups -OCH3 is 2. The van der Waals surface area contributed by atoms with E-state index in [-0.39, 0.29) is 56.7 Å². The van der Waals surface area contributed by atoms with Gasteiger partial charge in [0, 0.05) is 143 Å². The molecule has 0 saturated carbocycles. The van der Waals surface area contributed by atoms with Crippen molar-refractivity contribution in [3.8, 4) is 28.8 Å². The quantitative estimate of drug-likeness (QED) is 0.0564. The molecule has 31 heteroatoms. The smallest absolute Gasteiger partial charge is 0.338 e. The zero-order chi connectivity index (χ0) is 70.0. The fourth-order valence-corrected chi connectivity index (χ4v) is 15.2. The highest BCUT2D eigenvalue weighted by atomic mass is 35.5. The molecule has 6 aliphatic heterocycles. The van der Waals surface area contributed by atoms with Crippen LogP contribution in [-0.4, -0.2) is 179 Å². The number of nitriles is 1. The normalized spacial score (nSPS) is 19.2. The number of rotatable bonds is 17. The predicted molar refractivity (Wildman–Crippen MR) is 371 cm³/mol. The lowest BCUT2D eigenvalue weighted by atomic mass is 9.95. The molecule has 4 saturated heterocycles. The standard InChI is InChI=1S/C35H30ClFN6O6S.C34H28ClFN8O4S2/c1-48-34(46)29-28(39-31(32-38-11-14-50-32)40-30(29)26-10-7-21(37)15-27(26)36)19-41-12-13-42-23(17-41)18-43(35(42)47)22-3-2-4-25(16-22)49-24-8-5-20(6-9-24)33(44)45;1-18(45)19-3-5-23(20(11-19)13-37)27-17-50-33(40-27)44-15-22-14-42(8-9-43(22)34(44)47)16-26-28(32(46)48-2)29(24-6-4-21(36)12-25(24)35)41-30(39-26)31-38-7-10-49-31/h2-11,14-16,23,30H,12-13,17-19H2,1H3,(H,39,40)(H,44,45);3-7,10-12,17,22,29H,8-9,14-16H2,1-2H3,(H,39,41)/t23-,30-;22-,29-/m00/s1. The van der Waals surface area contributed by atoms with Gasteiger partial charge in [0.25, 0.3) is 0 Å². The summed E-state index contributed by atoms with van der Waals surface area (Å²) in [4.78, 5) is 111. The Bertz CT molecular complexity index is 4740. The molecule has 0 aliphatic carbocycles. The lowest BCUT2D eigenvalue weighted by Gasteiger charge is -2.38. The summed E-state index contributed by atoms with van der Waals surface area (Å²) in [6.07, 6.45) is 3.31. The molecule has 0 spiro atoms. The topological polar surface area (TPSA) is 281 Å². The van der Waals surface area contributed by atoms with Gasteiger partial charge in [-0.3, -0.25) is 34.4 Å². The van der Waals surface area contributed by atoms with Crippen molar-refractivity contribution in [3.05, 3.63) is 214 Å². The highest BCUT2D eigenvalue weighted by molar-refractivity contribution is 7.14. The molecule has 0 bridgehead atoms. The summed E-state index contributed by atoms with van der Waals surface area (Å²) in [7, 11) is 2.59. The van der Waals surface area contributed by atoms with Crippen LogP contribution < -0.4 is 25.2 Å². The minimum atomic E-state index is -1.02. The van der Waals surface area contributed by atoms with Crippen LogP contribution in [0.15, 0.2) is 164 Å². The van der Waals surface area contributed by atoms with Gasteiger partial charge in [0.15, 0.2) is 32.6 Å². The molecule has 4 atom stereocenters. The maximum absolute atomic E-state index is 14.0. The number of aromatic nitrogens is 3. The highest BCUT2D eigenvalue weighted by Crippen LogP contribution is 2.41. The number of amides is 4. The number of piperazine rings is 2. The van der Waals surface area contributed by atoms with E-state index in [2.05, 4.69) is 36.5 Å². The Hall–Kier alpha value is -10.3. The number of nitrogens with one attached hydrogen (secondary N) is 2. The van der Waals surface area contributed by atoms with E-state index in [9.17, 15) is 42.8 Å². The molecule has 3 aromatic heterocycles. The number of carbonyl (C=O) groups is 6. The number of aliphatic imine (C=N–C) groups is 2. The molecule has 6 aliphatic rings. The number of halogens is 4. The lowest BCUT2D eigenvalue weighted by molar-refractivity contribution is -0.137. The van der Waals surface area contributed by atoms with Gasteiger partial charge in [-0.15, -0.1) is 34.0 Å². The molecular formula is C69H58Cl2F2N14O10S3. The van der Waals surface area contributed by atoms with Crippen LogP contribution in [0.3, 0.4) is 0 Å². The molecule has 9 heterocycles. The third-order valence-corrected chi connectivity index (χ3v) is 20.6. The van der Waals surface area contributed by atoms with Gasteiger partial charge >= 0.3 is 30.0 Å². The molecule has 0 unspecified atom stereocenters. The van der Waals surface area contributed by atoms with Crippen molar-refractivity contribution in [2.45, 2.75) is 31.1 Å². The second-order valence-corrected chi connectivity index (χ2v) is 27.0. The fraction of sp³-hybridized carbons (Fsp3) is 0.246. The number of hydrogen-bond donors (Lipinski definition) is 3. The molecule has 8 aromatic rings. The van der Waals surface area contributed by atoms with E-state index in [1.807, 2.05) is 26.6 Å². The Kier molecular flexibility index (Phi) is 19.9. The maximum Gasteiger partial charge on any atom is 0.338 e. The van der Waals surface area contributed by atoms with E-state index in [1.54, 1.807) is 76.1 Å². The number of carbonyl (C=O) groups excluding carboxylic acids is 5. The Morgan fingerprint density at radius 2 is 1.20 bits per heavy atom. The third-order valence-electron chi connectivity index (χ3n) is 17.5. The highest BCUT2D eigenvalue weighted by Gasteiger charge is 2.45. The van der Waals surface area contributed by atoms with Crippen molar-refractivity contribution in [1.29, 1.82) is 5.26 Å². The Labute approximate surface area is 592 Å². The van der Waals surface area contributed by atoms with Crippen LogP contribution in [0.1, 0.15) is 66.4 Å². The first-order valence-corrected chi connectivity index (χ1v) is 34.5. The van der Waals surface area contributed by atoms with Crippen molar-refractivity contribution in [3.63, 3.8) is 0 Å². The predicted octanol–water partition coefficient (Wildman–Crippen LogP) is 10.8. The second kappa shape index (κ2) is 29.2. The van der Waals surface area contributed by atoms with Crippen molar-refractivity contribution < 1.29 is 56.9 Å². The van der Waals surface area contributed by atoms with Crippen LogP contribution >= 0.6 is 57.2 Å². The number of nitrogens with zero attached hydrogens (tertiary/aromatic N) is 12. The first kappa shape index (κ1) is 68.2. The molecule has 0 radical (unpaired) electrons. The molecule has 24 nitrogen and oxygen atoms in total. The Morgan fingerprint density at radius 3 is 1.70 bits per heavy atom. The molecule has 5 aromatic carbocycles. The van der Waals surface area contributed by atoms with Crippen molar-refractivity contribution in [2.75, 3.05) is 89.5 Å². The zero-order valence-corrected chi connectivity index (χ0v) is 57.3. The first-order valence-electron chi connectivity index (χ1n) is 31.1. The van der Waals surface area contributed by atoms with E-state index < -0.39 is 41.6 Å². The van der Waals surface area contributed by atoms with Gasteiger partial charge in [-0.2, -0.15) is 5.26 Å². The second-order valence-electron chi connectivity index (χ2n) is 23.6. The molecule has 14 rings (SSSR count). The van der Waals surface area contributed by atoms with E-state index in [4.69, 9.17) is 57.5 Å². The number of hydrogen-bond acceptors (Lipinski definition) is 22. The van der Waals surface area contributed by atoms with Crippen LogP contribution in [-0.2, 0) is 19.1 Å². The van der Waals surface area contributed by atoms with Crippen LogP contribution in [0.25, 0.3) is 11.3 Å². The molecular weight excluding hydrogens is 1390 g/mol. The number of carboxylic acid groups (broad SMARTS) is 1. The van der Waals surface area contributed by atoms with E-state index >= 15 is 0 Å². The Morgan fingerprint density at radius 1 is 0.660 bits per heavy atom. The summed E-state index contributed by atoms with van der Waals surface area (Å²) in [5, 5.41) is 33.0. The SMILES string of the molecule is COC(=O)C1=C(CN2CCN3C(=O)N(c4cccc(Oc5ccc(C(=O)O)cc5)c4)C[C@@H]3C2)NC(c2nccs2)=N[C@H]1c1ccc(F)cc1Cl.COC(=O)C1=C(CN2CCN3C(=O)N(c4nc(-c5ccc(C(C)=O)cc5C#N)cs4)C[C@@H]3C2)NC(c2nccs2)=N[C@H]1c1ccc(F)cc1Cl. The zero-order valence-electron chi connectivity index (χ0n) is 53.3. The Balaban J connectivity index is 0.000000179. The van der Waals surface area contributed by atoms with E-state index in [0.717, 1.165) is 0 Å². The van der Waals surface area contributed by atoms with Gasteiger partial charge in [-0.25, -0.2) is 47.7 Å². The molecule has 510 valence electrons. The minimum absolute atomic E-state index is 0.118. The summed E-state index contributed by atoms with van der Waals surface area (Å²) < 4.78 is 44.4. The minimum Gasteiger partial charge on any atom is -0.478 e. The van der Waals surface area contributed by atoms with Gasteiger partial charge in [0.1, 0.15) is 35.2 Å². The number of ether oxygens (including phenoxy) is 3. The molecule has 3 N–H and O–H groups in total. The summed E-state index contributed by atoms with van der Waals surface area (Å²) in [6.45, 7) is 5.91. The number of thiazole rings is 3. The van der Waals surface area contributed by atoms with Gasteiger partial charge < -0.3 is 39.8 Å². The van der Waals surface area contributed by atoms with Crippen molar-refractivity contribution >= 4 is 115 Å². The average Bonchev–Trinajstić information content (AvgIpc) is 1.75. The van der Waals surface area contributed by atoms with E-state index in [0.29, 0.717) is 154 Å². The molecule has 100 heavy (non-hydrogen) atoms. The van der Waals surface area contributed by atoms with Crippen molar-refractivity contribution in [1.82, 2.24) is 45.2 Å². The third kappa shape index (κ3) is 14.2. The van der Waals surface area contributed by atoms with Gasteiger partial charge in [-0.1, -0.05) is 53.5 Å². The summed E-state index contributed by atoms with van der Waals surface area (Å²) >= 11 is 17.1. The number of fused-ring (bicyclic) bond motifs is 2. The number of amidine groups is 2. The van der Waals surface area contributed by atoms with Gasteiger partial charge in [-0.05, 0) is 73.7 Å². The summed E-state index contributed by atoms with van der Waals surface area (Å²) in [5.41, 5.74) is 5.24. The number of ketones is 1. The number of Topliss-reactive ketones (excluding diaryl/α,β-unsaturated/α-hetero) is 1.